The third-order valence-corrected chi connectivity index (χ3v) is 4.72. The normalized spacial score (nSPS) is 12.8. The van der Waals surface area contributed by atoms with Crippen LogP contribution < -0.4 is 5.32 Å². The molecular formula is C18H21NOS. The number of hydrogen-bond acceptors (Lipinski definition) is 3. The lowest BCUT2D eigenvalue weighted by Crippen LogP contribution is -2.22. The average molecular weight is 299 g/mol. The molecule has 2 heterocycles. The SMILES string of the molecule is CCCNC(CCc1cccs1)c1coc2ccccc12. The third kappa shape index (κ3) is 3.36. The molecule has 2 aromatic heterocycles. The summed E-state index contributed by atoms with van der Waals surface area (Å²) in [4.78, 5) is 1.45. The number of fused-ring (bicyclic) bond motifs is 1. The molecule has 0 saturated heterocycles. The molecule has 3 aromatic rings. The van der Waals surface area contributed by atoms with Crippen molar-refractivity contribution in [1.29, 1.82) is 0 Å². The summed E-state index contributed by atoms with van der Waals surface area (Å²) in [6.45, 7) is 3.24. The zero-order valence-electron chi connectivity index (χ0n) is 12.3. The highest BCUT2D eigenvalue weighted by molar-refractivity contribution is 7.09. The summed E-state index contributed by atoms with van der Waals surface area (Å²) in [5.41, 5.74) is 2.27. The Balaban J connectivity index is 1.80. The van der Waals surface area contributed by atoms with E-state index in [0.29, 0.717) is 6.04 Å². The Kier molecular flexibility index (Phi) is 4.73. The van der Waals surface area contributed by atoms with Crippen molar-refractivity contribution >= 4 is 22.3 Å². The highest BCUT2D eigenvalue weighted by Gasteiger charge is 2.16. The van der Waals surface area contributed by atoms with Crippen molar-refractivity contribution in [3.63, 3.8) is 0 Å². The van der Waals surface area contributed by atoms with Gasteiger partial charge in [-0.3, -0.25) is 0 Å². The Labute approximate surface area is 129 Å². The summed E-state index contributed by atoms with van der Waals surface area (Å²) in [6, 6.07) is 13.0. The van der Waals surface area contributed by atoms with Crippen molar-refractivity contribution in [1.82, 2.24) is 5.32 Å². The third-order valence-electron chi connectivity index (χ3n) is 3.79. The van der Waals surface area contributed by atoms with Crippen molar-refractivity contribution < 1.29 is 4.42 Å². The lowest BCUT2D eigenvalue weighted by molar-refractivity contribution is 0.494. The Morgan fingerprint density at radius 3 is 2.90 bits per heavy atom. The van der Waals surface area contributed by atoms with Crippen molar-refractivity contribution in [3.8, 4) is 0 Å². The average Bonchev–Trinajstić information content (AvgIpc) is 3.17. The van der Waals surface area contributed by atoms with Gasteiger partial charge in [-0.2, -0.15) is 0 Å². The number of thiophene rings is 1. The van der Waals surface area contributed by atoms with E-state index in [-0.39, 0.29) is 0 Å². The minimum atomic E-state index is 0.357. The smallest absolute Gasteiger partial charge is 0.134 e. The predicted octanol–water partition coefficient (Wildman–Crippen LogP) is 5.17. The van der Waals surface area contributed by atoms with Crippen LogP contribution in [-0.2, 0) is 6.42 Å². The Hall–Kier alpha value is -1.58. The van der Waals surface area contributed by atoms with Gasteiger partial charge in [0, 0.05) is 21.9 Å². The minimum absolute atomic E-state index is 0.357. The maximum atomic E-state index is 5.71. The molecule has 0 aliphatic carbocycles. The number of furan rings is 1. The van der Waals surface area contributed by atoms with Crippen LogP contribution in [0.4, 0.5) is 0 Å². The number of nitrogens with one attached hydrogen (secondary N) is 1. The molecule has 0 bridgehead atoms. The standard InChI is InChI=1S/C18H21NOS/c1-2-11-19-17(10-9-14-6-5-12-21-14)16-13-20-18-8-4-3-7-15(16)18/h3-8,12-13,17,19H,2,9-11H2,1H3. The van der Waals surface area contributed by atoms with Gasteiger partial charge in [0.1, 0.15) is 5.58 Å². The minimum Gasteiger partial charge on any atom is -0.464 e. The molecule has 0 spiro atoms. The van der Waals surface area contributed by atoms with Crippen molar-refractivity contribution in [2.45, 2.75) is 32.2 Å². The van der Waals surface area contributed by atoms with Gasteiger partial charge in [-0.05, 0) is 43.3 Å². The molecule has 3 heteroatoms. The summed E-state index contributed by atoms with van der Waals surface area (Å²) >= 11 is 1.84. The van der Waals surface area contributed by atoms with Crippen LogP contribution in [0.3, 0.4) is 0 Å². The van der Waals surface area contributed by atoms with E-state index < -0.39 is 0 Å². The molecule has 0 aliphatic rings. The monoisotopic (exact) mass is 299 g/mol. The second kappa shape index (κ2) is 6.92. The van der Waals surface area contributed by atoms with E-state index in [1.807, 2.05) is 29.7 Å². The molecule has 2 nitrogen and oxygen atoms in total. The van der Waals surface area contributed by atoms with Gasteiger partial charge in [-0.1, -0.05) is 31.2 Å². The maximum absolute atomic E-state index is 5.71. The lowest BCUT2D eigenvalue weighted by Gasteiger charge is -2.17. The van der Waals surface area contributed by atoms with Gasteiger partial charge >= 0.3 is 0 Å². The number of para-hydroxylation sites is 1. The molecule has 0 aliphatic heterocycles. The molecule has 1 N–H and O–H groups in total. The van der Waals surface area contributed by atoms with Gasteiger partial charge in [0.05, 0.1) is 6.26 Å². The molecule has 0 radical (unpaired) electrons. The molecular weight excluding hydrogens is 278 g/mol. The van der Waals surface area contributed by atoms with Crippen LogP contribution in [0.1, 0.15) is 36.2 Å². The summed E-state index contributed by atoms with van der Waals surface area (Å²) in [5.74, 6) is 0. The molecule has 1 atom stereocenters. The molecule has 1 aromatic carbocycles. The Morgan fingerprint density at radius 1 is 1.19 bits per heavy atom. The van der Waals surface area contributed by atoms with Gasteiger partial charge in [0.25, 0.3) is 0 Å². The summed E-state index contributed by atoms with van der Waals surface area (Å²) in [5, 5.41) is 7.05. The fraction of sp³-hybridized carbons (Fsp3) is 0.333. The first kappa shape index (κ1) is 14.4. The first-order valence-electron chi connectivity index (χ1n) is 7.60. The van der Waals surface area contributed by atoms with Gasteiger partial charge < -0.3 is 9.73 Å². The number of benzene rings is 1. The fourth-order valence-corrected chi connectivity index (χ4v) is 3.42. The van der Waals surface area contributed by atoms with Crippen molar-refractivity contribution in [3.05, 3.63) is 58.5 Å². The van der Waals surface area contributed by atoms with E-state index in [2.05, 4.69) is 41.9 Å². The van der Waals surface area contributed by atoms with Gasteiger partial charge in [0.2, 0.25) is 0 Å². The highest BCUT2D eigenvalue weighted by Crippen LogP contribution is 2.29. The molecule has 1 unspecified atom stereocenters. The molecule has 0 fully saturated rings. The van der Waals surface area contributed by atoms with E-state index >= 15 is 0 Å². The Morgan fingerprint density at radius 2 is 2.10 bits per heavy atom. The summed E-state index contributed by atoms with van der Waals surface area (Å²) in [6.07, 6.45) is 5.28. The Bertz CT molecular complexity index is 671. The van der Waals surface area contributed by atoms with E-state index in [9.17, 15) is 0 Å². The maximum Gasteiger partial charge on any atom is 0.134 e. The summed E-state index contributed by atoms with van der Waals surface area (Å²) < 4.78 is 5.71. The molecule has 0 amide bonds. The van der Waals surface area contributed by atoms with Gasteiger partial charge in [-0.15, -0.1) is 11.3 Å². The second-order valence-electron chi connectivity index (χ2n) is 5.31. The van der Waals surface area contributed by atoms with Crippen LogP contribution >= 0.6 is 11.3 Å². The largest absolute Gasteiger partial charge is 0.464 e. The second-order valence-corrected chi connectivity index (χ2v) is 6.34. The predicted molar refractivity (Wildman–Crippen MR) is 89.9 cm³/mol. The van der Waals surface area contributed by atoms with Crippen LogP contribution in [0.2, 0.25) is 0 Å². The van der Waals surface area contributed by atoms with E-state index in [4.69, 9.17) is 4.42 Å². The van der Waals surface area contributed by atoms with E-state index in [0.717, 1.165) is 31.4 Å². The fourth-order valence-electron chi connectivity index (χ4n) is 2.70. The van der Waals surface area contributed by atoms with Gasteiger partial charge in [-0.25, -0.2) is 0 Å². The van der Waals surface area contributed by atoms with Crippen LogP contribution in [-0.4, -0.2) is 6.54 Å². The quantitative estimate of drug-likeness (QED) is 0.651. The van der Waals surface area contributed by atoms with Crippen LogP contribution in [0, 0.1) is 0 Å². The number of hydrogen-bond donors (Lipinski definition) is 1. The summed E-state index contributed by atoms with van der Waals surface area (Å²) in [7, 11) is 0. The van der Waals surface area contributed by atoms with Crippen LogP contribution in [0.5, 0.6) is 0 Å². The first-order valence-corrected chi connectivity index (χ1v) is 8.48. The highest BCUT2D eigenvalue weighted by atomic mass is 32.1. The van der Waals surface area contributed by atoms with E-state index in [1.54, 1.807) is 0 Å². The van der Waals surface area contributed by atoms with Crippen molar-refractivity contribution in [2.24, 2.45) is 0 Å². The lowest BCUT2D eigenvalue weighted by atomic mass is 10.0. The molecule has 21 heavy (non-hydrogen) atoms. The van der Waals surface area contributed by atoms with Gasteiger partial charge in [0.15, 0.2) is 0 Å². The zero-order chi connectivity index (χ0) is 14.5. The molecule has 0 saturated carbocycles. The topological polar surface area (TPSA) is 25.2 Å². The zero-order valence-corrected chi connectivity index (χ0v) is 13.2. The van der Waals surface area contributed by atoms with Crippen molar-refractivity contribution in [2.75, 3.05) is 6.54 Å². The van der Waals surface area contributed by atoms with E-state index in [1.165, 1.54) is 15.8 Å². The van der Waals surface area contributed by atoms with Crippen LogP contribution in [0.25, 0.3) is 11.0 Å². The molecule has 110 valence electrons. The number of aryl methyl sites for hydroxylation is 1. The van der Waals surface area contributed by atoms with Crippen LogP contribution in [0.15, 0.2) is 52.5 Å². The number of rotatable bonds is 7. The molecule has 3 rings (SSSR count). The first-order chi connectivity index (χ1) is 10.4.